The Kier molecular flexibility index (Phi) is 6.64. The minimum atomic E-state index is -1.17. The number of hydrogen-bond acceptors (Lipinski definition) is 6. The van der Waals surface area contributed by atoms with Crippen molar-refractivity contribution < 1.29 is 33.1 Å². The first-order valence-electron chi connectivity index (χ1n) is 10.9. The fourth-order valence-corrected chi connectivity index (χ4v) is 3.73. The Hall–Kier alpha value is -4.46. The fourth-order valence-electron chi connectivity index (χ4n) is 3.73. The molecule has 1 unspecified atom stereocenters. The van der Waals surface area contributed by atoms with Gasteiger partial charge in [0, 0.05) is 39.9 Å². The summed E-state index contributed by atoms with van der Waals surface area (Å²) in [5.74, 6) is -2.80. The Labute approximate surface area is 199 Å². The maximum Gasteiger partial charge on any atom is 0.307 e. The molecule has 0 spiro atoms. The predicted molar refractivity (Wildman–Crippen MR) is 124 cm³/mol. The van der Waals surface area contributed by atoms with E-state index in [0.29, 0.717) is 11.1 Å². The second-order valence-electron chi connectivity index (χ2n) is 8.02. The highest BCUT2D eigenvalue weighted by molar-refractivity contribution is 6.28. The standard InChI is InChI=1S/C27H20FNO6/c1-15(35-24(31)13-12-23(30)16-6-8-17(28)9-7-16)27(34)29-18-10-11-21-22(14-18)26(33)20-5-3-2-4-19(20)25(21)32/h2-11,14-15H,12-13H2,1H3,(H,29,34). The number of esters is 1. The van der Waals surface area contributed by atoms with Crippen LogP contribution in [0.1, 0.15) is 62.0 Å². The number of nitrogens with one attached hydrogen (secondary N) is 1. The van der Waals surface area contributed by atoms with Crippen LogP contribution in [0, 0.1) is 5.82 Å². The molecule has 0 radical (unpaired) electrons. The Balaban J connectivity index is 1.35. The Bertz CT molecular complexity index is 1360. The summed E-state index contributed by atoms with van der Waals surface area (Å²) in [5, 5.41) is 2.57. The molecule has 0 aromatic heterocycles. The number of hydrogen-bond donors (Lipinski definition) is 1. The minimum absolute atomic E-state index is 0.152. The monoisotopic (exact) mass is 473 g/mol. The van der Waals surface area contributed by atoms with Gasteiger partial charge >= 0.3 is 5.97 Å². The summed E-state index contributed by atoms with van der Waals surface area (Å²) in [6.07, 6.45) is -1.57. The summed E-state index contributed by atoms with van der Waals surface area (Å²) in [6, 6.07) is 15.9. The first-order chi connectivity index (χ1) is 16.7. The van der Waals surface area contributed by atoms with Crippen LogP contribution in [0.2, 0.25) is 0 Å². The number of Topliss-reactive ketones (excluding diaryl/α,β-unsaturated/α-hetero) is 1. The molecule has 1 aliphatic rings. The van der Waals surface area contributed by atoms with Crippen molar-refractivity contribution in [3.63, 3.8) is 0 Å². The SMILES string of the molecule is CC(OC(=O)CCC(=O)c1ccc(F)cc1)C(=O)Nc1ccc2c(c1)C(=O)c1ccccc1C2=O. The number of rotatable bonds is 7. The van der Waals surface area contributed by atoms with Crippen LogP contribution in [0.3, 0.4) is 0 Å². The van der Waals surface area contributed by atoms with Gasteiger partial charge in [-0.2, -0.15) is 0 Å². The van der Waals surface area contributed by atoms with E-state index in [2.05, 4.69) is 5.32 Å². The Morgan fingerprint density at radius 1 is 0.829 bits per heavy atom. The molecule has 35 heavy (non-hydrogen) atoms. The van der Waals surface area contributed by atoms with Crippen LogP contribution in [-0.2, 0) is 14.3 Å². The molecule has 8 heteroatoms. The highest BCUT2D eigenvalue weighted by Gasteiger charge is 2.29. The number of fused-ring (bicyclic) bond motifs is 2. The molecule has 0 bridgehead atoms. The number of carbonyl (C=O) groups excluding carboxylic acids is 5. The van der Waals surface area contributed by atoms with E-state index in [-0.39, 0.29) is 52.6 Å². The van der Waals surface area contributed by atoms with Gasteiger partial charge in [-0.25, -0.2) is 4.39 Å². The molecule has 1 aliphatic carbocycles. The van der Waals surface area contributed by atoms with E-state index in [1.807, 2.05) is 0 Å². The summed E-state index contributed by atoms with van der Waals surface area (Å²) >= 11 is 0. The van der Waals surface area contributed by atoms with Crippen molar-refractivity contribution in [2.24, 2.45) is 0 Å². The molecule has 7 nitrogen and oxygen atoms in total. The highest BCUT2D eigenvalue weighted by atomic mass is 19.1. The van der Waals surface area contributed by atoms with E-state index in [4.69, 9.17) is 4.74 Å². The molecular weight excluding hydrogens is 453 g/mol. The van der Waals surface area contributed by atoms with Crippen molar-refractivity contribution in [2.45, 2.75) is 25.9 Å². The maximum atomic E-state index is 13.0. The quantitative estimate of drug-likeness (QED) is 0.320. The van der Waals surface area contributed by atoms with E-state index < -0.39 is 23.8 Å². The van der Waals surface area contributed by atoms with Crippen LogP contribution in [0.4, 0.5) is 10.1 Å². The van der Waals surface area contributed by atoms with Crippen LogP contribution >= 0.6 is 0 Å². The van der Waals surface area contributed by atoms with Gasteiger partial charge in [-0.15, -0.1) is 0 Å². The fraction of sp³-hybridized carbons (Fsp3) is 0.148. The molecule has 1 atom stereocenters. The Morgan fingerprint density at radius 2 is 1.43 bits per heavy atom. The summed E-state index contributed by atoms with van der Waals surface area (Å²) < 4.78 is 18.1. The maximum absolute atomic E-state index is 13.0. The number of ether oxygens (including phenoxy) is 1. The lowest BCUT2D eigenvalue weighted by Crippen LogP contribution is -2.30. The molecule has 0 heterocycles. The first-order valence-corrected chi connectivity index (χ1v) is 10.9. The average Bonchev–Trinajstić information content (AvgIpc) is 2.86. The lowest BCUT2D eigenvalue weighted by molar-refractivity contribution is -0.153. The summed E-state index contributed by atoms with van der Waals surface area (Å²) in [4.78, 5) is 62.2. The zero-order valence-electron chi connectivity index (χ0n) is 18.7. The third-order valence-corrected chi connectivity index (χ3v) is 5.59. The van der Waals surface area contributed by atoms with Crippen LogP contribution in [0.25, 0.3) is 0 Å². The topological polar surface area (TPSA) is 107 Å². The summed E-state index contributed by atoms with van der Waals surface area (Å²) in [5.41, 5.74) is 1.59. The van der Waals surface area contributed by atoms with Crippen molar-refractivity contribution in [3.8, 4) is 0 Å². The van der Waals surface area contributed by atoms with Gasteiger partial charge in [-0.05, 0) is 49.4 Å². The number of benzene rings is 3. The normalized spacial score (nSPS) is 12.9. The Morgan fingerprint density at radius 3 is 2.09 bits per heavy atom. The second-order valence-corrected chi connectivity index (χ2v) is 8.02. The lowest BCUT2D eigenvalue weighted by atomic mass is 9.84. The third-order valence-electron chi connectivity index (χ3n) is 5.59. The van der Waals surface area contributed by atoms with Gasteiger partial charge in [0.1, 0.15) is 5.82 Å². The van der Waals surface area contributed by atoms with Crippen molar-refractivity contribution in [1.82, 2.24) is 0 Å². The second kappa shape index (κ2) is 9.80. The van der Waals surface area contributed by atoms with E-state index in [9.17, 15) is 28.4 Å². The van der Waals surface area contributed by atoms with E-state index >= 15 is 0 Å². The number of carbonyl (C=O) groups is 5. The van der Waals surface area contributed by atoms with E-state index in [1.165, 1.54) is 37.3 Å². The van der Waals surface area contributed by atoms with Gasteiger partial charge in [0.2, 0.25) is 0 Å². The van der Waals surface area contributed by atoms with Gasteiger partial charge in [0.25, 0.3) is 5.91 Å². The highest BCUT2D eigenvalue weighted by Crippen LogP contribution is 2.29. The lowest BCUT2D eigenvalue weighted by Gasteiger charge is -2.19. The van der Waals surface area contributed by atoms with E-state index in [0.717, 1.165) is 12.1 Å². The average molecular weight is 473 g/mol. The number of ketones is 3. The van der Waals surface area contributed by atoms with Gasteiger partial charge in [-0.1, -0.05) is 24.3 Å². The van der Waals surface area contributed by atoms with Crippen molar-refractivity contribution in [3.05, 3.63) is 100 Å². The largest absolute Gasteiger partial charge is 0.453 e. The van der Waals surface area contributed by atoms with Gasteiger partial charge in [0.05, 0.1) is 6.42 Å². The number of amides is 1. The summed E-state index contributed by atoms with van der Waals surface area (Å²) in [7, 11) is 0. The molecule has 0 saturated carbocycles. The molecule has 0 saturated heterocycles. The van der Waals surface area contributed by atoms with Crippen LogP contribution in [0.15, 0.2) is 66.7 Å². The van der Waals surface area contributed by atoms with Gasteiger partial charge in [0.15, 0.2) is 23.5 Å². The van der Waals surface area contributed by atoms with Gasteiger partial charge in [-0.3, -0.25) is 24.0 Å². The molecule has 4 rings (SSSR count). The molecule has 1 amide bonds. The van der Waals surface area contributed by atoms with Crippen molar-refractivity contribution in [2.75, 3.05) is 5.32 Å². The molecule has 3 aromatic carbocycles. The molecule has 3 aromatic rings. The molecule has 0 fully saturated rings. The minimum Gasteiger partial charge on any atom is -0.453 e. The predicted octanol–water partition coefficient (Wildman–Crippen LogP) is 4.13. The van der Waals surface area contributed by atoms with E-state index in [1.54, 1.807) is 24.3 Å². The molecular formula is C27H20FNO6. The number of anilines is 1. The van der Waals surface area contributed by atoms with Crippen LogP contribution in [-0.4, -0.2) is 35.3 Å². The molecule has 0 aliphatic heterocycles. The number of halogens is 1. The zero-order valence-corrected chi connectivity index (χ0v) is 18.7. The first kappa shape index (κ1) is 23.7. The summed E-state index contributed by atoms with van der Waals surface area (Å²) in [6.45, 7) is 1.37. The van der Waals surface area contributed by atoms with Crippen LogP contribution < -0.4 is 5.32 Å². The van der Waals surface area contributed by atoms with Crippen molar-refractivity contribution in [1.29, 1.82) is 0 Å². The van der Waals surface area contributed by atoms with Crippen LogP contribution in [0.5, 0.6) is 0 Å². The molecule has 1 N–H and O–H groups in total. The molecule has 176 valence electrons. The van der Waals surface area contributed by atoms with Crippen molar-refractivity contribution >= 4 is 34.9 Å². The smallest absolute Gasteiger partial charge is 0.307 e. The third kappa shape index (κ3) is 5.06. The zero-order chi connectivity index (χ0) is 25.1. The van der Waals surface area contributed by atoms with Gasteiger partial charge < -0.3 is 10.1 Å².